The standard InChI is InChI=1S/C12H10ClN3OS/c1-12(2)9-6(10(17)16-12)5-8(18-9)7-3-4-14-11(13)15-7/h3-5H,1-2H3,(H,16,17). The number of fused-ring (bicyclic) bond motifs is 1. The Morgan fingerprint density at radius 2 is 2.22 bits per heavy atom. The Balaban J connectivity index is 2.13. The molecule has 3 heterocycles. The third kappa shape index (κ3) is 1.71. The highest BCUT2D eigenvalue weighted by atomic mass is 35.5. The molecule has 2 aromatic heterocycles. The number of nitrogens with one attached hydrogen (secondary N) is 1. The fourth-order valence-electron chi connectivity index (χ4n) is 2.03. The Hall–Kier alpha value is -1.46. The summed E-state index contributed by atoms with van der Waals surface area (Å²) in [6.45, 7) is 3.98. The van der Waals surface area contributed by atoms with Gasteiger partial charge in [-0.25, -0.2) is 9.97 Å². The number of thiophene rings is 1. The van der Waals surface area contributed by atoms with E-state index in [0.717, 1.165) is 21.0 Å². The van der Waals surface area contributed by atoms with Gasteiger partial charge in [-0.15, -0.1) is 11.3 Å². The van der Waals surface area contributed by atoms with E-state index in [4.69, 9.17) is 11.6 Å². The van der Waals surface area contributed by atoms with Gasteiger partial charge in [0.15, 0.2) is 0 Å². The number of hydrogen-bond acceptors (Lipinski definition) is 4. The zero-order valence-electron chi connectivity index (χ0n) is 9.82. The average Bonchev–Trinajstić information content (AvgIpc) is 2.80. The van der Waals surface area contributed by atoms with Crippen LogP contribution in [0, 0.1) is 0 Å². The van der Waals surface area contributed by atoms with Crippen LogP contribution in [0.3, 0.4) is 0 Å². The molecule has 1 aliphatic heterocycles. The third-order valence-corrected chi connectivity index (χ3v) is 4.51. The van der Waals surface area contributed by atoms with Gasteiger partial charge in [-0.1, -0.05) is 0 Å². The van der Waals surface area contributed by atoms with Gasteiger partial charge in [-0.2, -0.15) is 0 Å². The zero-order valence-corrected chi connectivity index (χ0v) is 11.4. The van der Waals surface area contributed by atoms with E-state index in [2.05, 4.69) is 15.3 Å². The fraction of sp³-hybridized carbons (Fsp3) is 0.250. The van der Waals surface area contributed by atoms with E-state index >= 15 is 0 Å². The van der Waals surface area contributed by atoms with Crippen molar-refractivity contribution in [2.45, 2.75) is 19.4 Å². The number of amides is 1. The van der Waals surface area contributed by atoms with Crippen LogP contribution in [-0.4, -0.2) is 15.9 Å². The van der Waals surface area contributed by atoms with Crippen molar-refractivity contribution in [3.8, 4) is 10.6 Å². The second-order valence-corrected chi connectivity index (χ2v) is 6.03. The minimum absolute atomic E-state index is 0.0300. The van der Waals surface area contributed by atoms with Crippen LogP contribution < -0.4 is 5.32 Å². The molecule has 1 N–H and O–H groups in total. The predicted molar refractivity (Wildman–Crippen MR) is 70.8 cm³/mol. The quantitative estimate of drug-likeness (QED) is 0.817. The van der Waals surface area contributed by atoms with Crippen LogP contribution >= 0.6 is 22.9 Å². The maximum absolute atomic E-state index is 11.8. The normalized spacial score (nSPS) is 16.5. The van der Waals surface area contributed by atoms with Crippen molar-refractivity contribution in [2.24, 2.45) is 0 Å². The Morgan fingerprint density at radius 3 is 2.89 bits per heavy atom. The minimum atomic E-state index is -0.313. The molecule has 2 aromatic rings. The van der Waals surface area contributed by atoms with Crippen molar-refractivity contribution in [3.63, 3.8) is 0 Å². The van der Waals surface area contributed by atoms with Crippen molar-refractivity contribution in [1.29, 1.82) is 0 Å². The highest BCUT2D eigenvalue weighted by molar-refractivity contribution is 7.16. The molecule has 0 radical (unpaired) electrons. The lowest BCUT2D eigenvalue weighted by atomic mass is 10.1. The topological polar surface area (TPSA) is 54.9 Å². The van der Waals surface area contributed by atoms with Crippen molar-refractivity contribution in [1.82, 2.24) is 15.3 Å². The average molecular weight is 280 g/mol. The number of aromatic nitrogens is 2. The molecule has 3 rings (SSSR count). The summed E-state index contributed by atoms with van der Waals surface area (Å²) in [6.07, 6.45) is 1.61. The van der Waals surface area contributed by atoms with E-state index in [-0.39, 0.29) is 16.7 Å². The summed E-state index contributed by atoms with van der Waals surface area (Å²) in [5, 5.41) is 3.15. The van der Waals surface area contributed by atoms with Gasteiger partial charge >= 0.3 is 0 Å². The van der Waals surface area contributed by atoms with Crippen molar-refractivity contribution in [3.05, 3.63) is 34.1 Å². The van der Waals surface area contributed by atoms with Gasteiger partial charge in [-0.3, -0.25) is 4.79 Å². The van der Waals surface area contributed by atoms with Gasteiger partial charge < -0.3 is 5.32 Å². The van der Waals surface area contributed by atoms with Crippen LogP contribution in [-0.2, 0) is 5.54 Å². The van der Waals surface area contributed by atoms with E-state index in [1.807, 2.05) is 19.9 Å². The van der Waals surface area contributed by atoms with E-state index in [1.54, 1.807) is 23.6 Å². The summed E-state index contributed by atoms with van der Waals surface area (Å²) in [5.74, 6) is -0.0300. The highest BCUT2D eigenvalue weighted by Gasteiger charge is 2.37. The molecular weight excluding hydrogens is 270 g/mol. The number of carbonyl (C=O) groups is 1. The minimum Gasteiger partial charge on any atom is -0.342 e. The van der Waals surface area contributed by atoms with Crippen LogP contribution in [0.5, 0.6) is 0 Å². The molecule has 0 spiro atoms. The molecule has 0 saturated heterocycles. The number of halogens is 1. The largest absolute Gasteiger partial charge is 0.342 e. The first-order chi connectivity index (χ1) is 8.47. The van der Waals surface area contributed by atoms with Gasteiger partial charge in [0, 0.05) is 11.1 Å². The zero-order chi connectivity index (χ0) is 12.9. The maximum Gasteiger partial charge on any atom is 0.253 e. The molecule has 1 aliphatic rings. The smallest absolute Gasteiger partial charge is 0.253 e. The molecule has 0 unspecified atom stereocenters. The van der Waals surface area contributed by atoms with Crippen LogP contribution in [0.25, 0.3) is 10.6 Å². The molecule has 0 aromatic carbocycles. The first-order valence-corrected chi connectivity index (χ1v) is 6.62. The molecule has 0 atom stereocenters. The van der Waals surface area contributed by atoms with E-state index < -0.39 is 0 Å². The first-order valence-electron chi connectivity index (χ1n) is 5.43. The summed E-state index contributed by atoms with van der Waals surface area (Å²) >= 11 is 7.34. The van der Waals surface area contributed by atoms with Crippen molar-refractivity contribution >= 4 is 28.8 Å². The fourth-order valence-corrected chi connectivity index (χ4v) is 3.36. The number of rotatable bonds is 1. The maximum atomic E-state index is 11.8. The van der Waals surface area contributed by atoms with Crippen LogP contribution in [0.15, 0.2) is 18.3 Å². The number of hydrogen-bond donors (Lipinski definition) is 1. The molecule has 0 bridgehead atoms. The molecule has 0 aliphatic carbocycles. The molecule has 6 heteroatoms. The van der Waals surface area contributed by atoms with Crippen LogP contribution in [0.1, 0.15) is 29.1 Å². The molecular formula is C12H10ClN3OS. The van der Waals surface area contributed by atoms with Gasteiger partial charge in [0.05, 0.1) is 21.7 Å². The predicted octanol–water partition coefficient (Wildman–Crippen LogP) is 2.84. The molecule has 0 fully saturated rings. The second kappa shape index (κ2) is 3.76. The van der Waals surface area contributed by atoms with Crippen LogP contribution in [0.4, 0.5) is 0 Å². The summed E-state index contributed by atoms with van der Waals surface area (Å²) in [5.41, 5.74) is 1.17. The number of nitrogens with zero attached hydrogens (tertiary/aromatic N) is 2. The molecule has 0 saturated carbocycles. The Labute approximate surface area is 113 Å². The van der Waals surface area contributed by atoms with Crippen molar-refractivity contribution < 1.29 is 4.79 Å². The third-order valence-electron chi connectivity index (χ3n) is 2.85. The van der Waals surface area contributed by atoms with E-state index in [0.29, 0.717) is 0 Å². The second-order valence-electron chi connectivity index (χ2n) is 4.64. The summed E-state index contributed by atoms with van der Waals surface area (Å²) in [7, 11) is 0. The van der Waals surface area contributed by atoms with Crippen LogP contribution in [0.2, 0.25) is 5.28 Å². The summed E-state index contributed by atoms with van der Waals surface area (Å²) in [4.78, 5) is 21.8. The summed E-state index contributed by atoms with van der Waals surface area (Å²) < 4.78 is 0. The highest BCUT2D eigenvalue weighted by Crippen LogP contribution is 2.40. The molecule has 4 nitrogen and oxygen atoms in total. The van der Waals surface area contributed by atoms with Gasteiger partial charge in [0.1, 0.15) is 0 Å². The molecule has 18 heavy (non-hydrogen) atoms. The lowest BCUT2D eigenvalue weighted by Crippen LogP contribution is -2.32. The monoisotopic (exact) mass is 279 g/mol. The van der Waals surface area contributed by atoms with E-state index in [1.165, 1.54) is 0 Å². The lowest BCUT2D eigenvalue weighted by molar-refractivity contribution is 0.0940. The molecule has 1 amide bonds. The SMILES string of the molecule is CC1(C)NC(=O)c2cc(-c3ccnc(Cl)n3)sc21. The Kier molecular flexibility index (Phi) is 2.43. The van der Waals surface area contributed by atoms with Crippen molar-refractivity contribution in [2.75, 3.05) is 0 Å². The van der Waals surface area contributed by atoms with Gasteiger partial charge in [-0.05, 0) is 37.6 Å². The number of carbonyl (C=O) groups excluding carboxylic acids is 1. The van der Waals surface area contributed by atoms with Gasteiger partial charge in [0.25, 0.3) is 5.91 Å². The Morgan fingerprint density at radius 1 is 1.44 bits per heavy atom. The lowest BCUT2D eigenvalue weighted by Gasteiger charge is -2.17. The van der Waals surface area contributed by atoms with Gasteiger partial charge in [0.2, 0.25) is 5.28 Å². The molecule has 92 valence electrons. The summed E-state index contributed by atoms with van der Waals surface area (Å²) in [6, 6.07) is 3.65. The Bertz CT molecular complexity index is 651. The van der Waals surface area contributed by atoms with E-state index in [9.17, 15) is 4.79 Å². The first kappa shape index (κ1) is 11.6.